The minimum atomic E-state index is -1.09. The van der Waals surface area contributed by atoms with E-state index in [1.807, 2.05) is 0 Å². The van der Waals surface area contributed by atoms with E-state index in [4.69, 9.17) is 9.84 Å². The summed E-state index contributed by atoms with van der Waals surface area (Å²) in [5.41, 5.74) is 0.464. The van der Waals surface area contributed by atoms with Crippen molar-refractivity contribution >= 4 is 11.9 Å². The molecule has 0 unspecified atom stereocenters. The van der Waals surface area contributed by atoms with Gasteiger partial charge in [0.05, 0.1) is 13.0 Å². The van der Waals surface area contributed by atoms with E-state index < -0.39 is 11.8 Å². The van der Waals surface area contributed by atoms with Gasteiger partial charge in [-0.15, -0.1) is 0 Å². The van der Waals surface area contributed by atoms with Crippen LogP contribution in [0.4, 0.5) is 4.39 Å². The average molecular weight is 254 g/mol. The number of carboxylic acids is 1. The molecule has 0 aromatic heterocycles. The van der Waals surface area contributed by atoms with Crippen molar-refractivity contribution in [1.29, 1.82) is 0 Å². The molecule has 0 aliphatic heterocycles. The smallest absolute Gasteiger partial charge is 0.307 e. The lowest BCUT2D eigenvalue weighted by atomic mass is 10.0. The van der Waals surface area contributed by atoms with Gasteiger partial charge in [0, 0.05) is 6.42 Å². The second-order valence-electron chi connectivity index (χ2n) is 3.77. The third-order valence-corrected chi connectivity index (χ3v) is 2.40. The molecule has 1 rings (SSSR count). The van der Waals surface area contributed by atoms with Crippen molar-refractivity contribution in [1.82, 2.24) is 0 Å². The monoisotopic (exact) mass is 254 g/mol. The van der Waals surface area contributed by atoms with Crippen LogP contribution >= 0.6 is 0 Å². The minimum absolute atomic E-state index is 0.0846. The van der Waals surface area contributed by atoms with Crippen molar-refractivity contribution < 1.29 is 23.8 Å². The first-order chi connectivity index (χ1) is 8.54. The molecule has 0 bridgehead atoms. The normalized spacial score (nSPS) is 10.1. The number of ether oxygens (including phenoxy) is 1. The number of benzene rings is 1. The van der Waals surface area contributed by atoms with Crippen molar-refractivity contribution in [2.24, 2.45) is 0 Å². The number of hydrogen-bond donors (Lipinski definition) is 1. The number of rotatable bonds is 6. The molecular formula is C13H15FO4. The van der Waals surface area contributed by atoms with Crippen LogP contribution in [0.2, 0.25) is 0 Å². The fourth-order valence-corrected chi connectivity index (χ4v) is 1.60. The molecular weight excluding hydrogens is 239 g/mol. The van der Waals surface area contributed by atoms with Gasteiger partial charge in [-0.3, -0.25) is 9.59 Å². The van der Waals surface area contributed by atoms with Gasteiger partial charge in [-0.1, -0.05) is 18.2 Å². The maximum absolute atomic E-state index is 13.9. The molecule has 0 aliphatic rings. The summed E-state index contributed by atoms with van der Waals surface area (Å²) in [5, 5.41) is 8.63. The Morgan fingerprint density at radius 3 is 2.61 bits per heavy atom. The fourth-order valence-electron chi connectivity index (χ4n) is 1.60. The van der Waals surface area contributed by atoms with Crippen molar-refractivity contribution in [3.05, 3.63) is 35.1 Å². The van der Waals surface area contributed by atoms with Gasteiger partial charge in [-0.2, -0.15) is 0 Å². The summed E-state index contributed by atoms with van der Waals surface area (Å²) in [6.07, 6.45) is -0.0709. The molecule has 0 fully saturated rings. The zero-order valence-corrected chi connectivity index (χ0v) is 10.1. The molecule has 0 saturated heterocycles. The van der Waals surface area contributed by atoms with Crippen LogP contribution in [0.15, 0.2) is 18.2 Å². The molecule has 0 heterocycles. The molecule has 0 amide bonds. The first-order valence-electron chi connectivity index (χ1n) is 5.68. The number of aryl methyl sites for hydroxylation is 1. The Hall–Kier alpha value is -1.91. The Bertz CT molecular complexity index is 443. The molecule has 0 radical (unpaired) electrons. The Morgan fingerprint density at radius 1 is 1.33 bits per heavy atom. The third kappa shape index (κ3) is 4.16. The van der Waals surface area contributed by atoms with E-state index in [9.17, 15) is 14.0 Å². The predicted molar refractivity (Wildman–Crippen MR) is 62.7 cm³/mol. The Labute approximate surface area is 104 Å². The second kappa shape index (κ2) is 6.74. The Balaban J connectivity index is 2.71. The summed E-state index contributed by atoms with van der Waals surface area (Å²) in [6, 6.07) is 4.55. The second-order valence-corrected chi connectivity index (χ2v) is 3.77. The molecule has 1 N–H and O–H groups in total. The van der Waals surface area contributed by atoms with E-state index in [1.165, 1.54) is 6.07 Å². The van der Waals surface area contributed by atoms with Gasteiger partial charge in [-0.25, -0.2) is 4.39 Å². The maximum atomic E-state index is 13.9. The summed E-state index contributed by atoms with van der Waals surface area (Å²) < 4.78 is 18.6. The van der Waals surface area contributed by atoms with Gasteiger partial charge in [0.25, 0.3) is 0 Å². The first-order valence-corrected chi connectivity index (χ1v) is 5.68. The summed E-state index contributed by atoms with van der Waals surface area (Å²) in [4.78, 5) is 21.7. The molecule has 4 nitrogen and oxygen atoms in total. The fraction of sp³-hybridized carbons (Fsp3) is 0.385. The van der Waals surface area contributed by atoms with Gasteiger partial charge in [0.15, 0.2) is 0 Å². The molecule has 0 aliphatic carbocycles. The van der Waals surface area contributed by atoms with Gasteiger partial charge < -0.3 is 9.84 Å². The molecule has 5 heteroatoms. The molecule has 1 aromatic rings. The number of aliphatic carboxylic acids is 1. The molecule has 0 saturated carbocycles. The average Bonchev–Trinajstić information content (AvgIpc) is 2.30. The minimum Gasteiger partial charge on any atom is -0.481 e. The number of hydrogen-bond acceptors (Lipinski definition) is 3. The number of halogens is 1. The quantitative estimate of drug-likeness (QED) is 0.788. The lowest BCUT2D eigenvalue weighted by molar-refractivity contribution is -0.143. The van der Waals surface area contributed by atoms with Crippen LogP contribution in [0.3, 0.4) is 0 Å². The van der Waals surface area contributed by atoms with E-state index in [0.717, 1.165) is 0 Å². The lowest BCUT2D eigenvalue weighted by Crippen LogP contribution is -2.08. The molecule has 98 valence electrons. The van der Waals surface area contributed by atoms with E-state index >= 15 is 0 Å². The van der Waals surface area contributed by atoms with Crippen LogP contribution in [-0.2, 0) is 27.2 Å². The first kappa shape index (κ1) is 14.2. The Morgan fingerprint density at radius 2 is 2.00 bits per heavy atom. The van der Waals surface area contributed by atoms with Crippen LogP contribution in [-0.4, -0.2) is 23.7 Å². The lowest BCUT2D eigenvalue weighted by Gasteiger charge is -2.06. The highest BCUT2D eigenvalue weighted by Crippen LogP contribution is 2.15. The highest BCUT2D eigenvalue weighted by Gasteiger charge is 2.12. The predicted octanol–water partition coefficient (Wildman–Crippen LogP) is 1.95. The molecule has 0 spiro atoms. The van der Waals surface area contributed by atoms with Gasteiger partial charge in [0.1, 0.15) is 5.82 Å². The Kier molecular flexibility index (Phi) is 5.30. The largest absolute Gasteiger partial charge is 0.481 e. The number of carbonyl (C=O) groups is 2. The standard InChI is InChI=1S/C13H15FO4/c1-2-18-12(17)7-6-9-4-3-5-10(13(9)14)8-11(15)16/h3-5H,2,6-8H2,1H3,(H,15,16). The van der Waals surface area contributed by atoms with Crippen molar-refractivity contribution in [2.75, 3.05) is 6.61 Å². The topological polar surface area (TPSA) is 63.6 Å². The van der Waals surface area contributed by atoms with Crippen LogP contribution in [0, 0.1) is 5.82 Å². The zero-order valence-electron chi connectivity index (χ0n) is 10.1. The molecule has 1 aromatic carbocycles. The van der Waals surface area contributed by atoms with Crippen molar-refractivity contribution in [2.45, 2.75) is 26.2 Å². The third-order valence-electron chi connectivity index (χ3n) is 2.40. The summed E-state index contributed by atoms with van der Waals surface area (Å²) in [5.74, 6) is -2.03. The maximum Gasteiger partial charge on any atom is 0.307 e. The van der Waals surface area contributed by atoms with E-state index in [-0.39, 0.29) is 30.8 Å². The summed E-state index contributed by atoms with van der Waals surface area (Å²) in [6.45, 7) is 1.99. The van der Waals surface area contributed by atoms with Crippen molar-refractivity contribution in [3.63, 3.8) is 0 Å². The van der Waals surface area contributed by atoms with E-state index in [2.05, 4.69) is 0 Å². The number of esters is 1. The van der Waals surface area contributed by atoms with E-state index in [1.54, 1.807) is 19.1 Å². The molecule has 18 heavy (non-hydrogen) atoms. The van der Waals surface area contributed by atoms with Gasteiger partial charge in [0.2, 0.25) is 0 Å². The zero-order chi connectivity index (χ0) is 13.5. The SMILES string of the molecule is CCOC(=O)CCc1cccc(CC(=O)O)c1F. The summed E-state index contributed by atoms with van der Waals surface area (Å²) in [7, 11) is 0. The van der Waals surface area contributed by atoms with Crippen molar-refractivity contribution in [3.8, 4) is 0 Å². The van der Waals surface area contributed by atoms with Gasteiger partial charge >= 0.3 is 11.9 Å². The van der Waals surface area contributed by atoms with Crippen LogP contribution in [0.1, 0.15) is 24.5 Å². The molecule has 0 atom stereocenters. The van der Waals surface area contributed by atoms with Crippen LogP contribution in [0.25, 0.3) is 0 Å². The highest BCUT2D eigenvalue weighted by atomic mass is 19.1. The number of carboxylic acid groups (broad SMARTS) is 1. The highest BCUT2D eigenvalue weighted by molar-refractivity contribution is 5.71. The van der Waals surface area contributed by atoms with Gasteiger partial charge in [-0.05, 0) is 24.5 Å². The summed E-state index contributed by atoms with van der Waals surface area (Å²) >= 11 is 0. The van der Waals surface area contributed by atoms with Crippen LogP contribution < -0.4 is 0 Å². The van der Waals surface area contributed by atoms with Crippen LogP contribution in [0.5, 0.6) is 0 Å². The number of carbonyl (C=O) groups excluding carboxylic acids is 1. The van der Waals surface area contributed by atoms with E-state index in [0.29, 0.717) is 12.2 Å².